The molecule has 1 saturated heterocycles. The van der Waals surface area contributed by atoms with Crippen LogP contribution in [-0.2, 0) is 11.3 Å². The zero-order chi connectivity index (χ0) is 27.1. The molecular formula is C29H17BrClNO6S. The van der Waals surface area contributed by atoms with E-state index in [9.17, 15) is 14.4 Å². The summed E-state index contributed by atoms with van der Waals surface area (Å²) in [6, 6.07) is 21.3. The van der Waals surface area contributed by atoms with E-state index in [1.165, 1.54) is 0 Å². The number of ether oxygens (including phenoxy) is 3. The molecule has 2 aliphatic heterocycles. The highest BCUT2D eigenvalue weighted by molar-refractivity contribution is 9.10. The Labute approximate surface area is 240 Å². The first-order valence-corrected chi connectivity index (χ1v) is 13.7. The Morgan fingerprint density at radius 1 is 1.03 bits per heavy atom. The lowest BCUT2D eigenvalue weighted by molar-refractivity contribution is -0.123. The van der Waals surface area contributed by atoms with Crippen molar-refractivity contribution in [2.45, 2.75) is 6.54 Å². The summed E-state index contributed by atoms with van der Waals surface area (Å²) in [4.78, 5) is 40.5. The third-order valence-corrected chi connectivity index (χ3v) is 7.97. The van der Waals surface area contributed by atoms with E-state index in [2.05, 4.69) is 15.9 Å². The van der Waals surface area contributed by atoms with Gasteiger partial charge in [-0.15, -0.1) is 0 Å². The lowest BCUT2D eigenvalue weighted by Gasteiger charge is -2.14. The number of imide groups is 1. The van der Waals surface area contributed by atoms with Gasteiger partial charge in [-0.2, -0.15) is 0 Å². The number of carbonyl (C=O) groups is 3. The Morgan fingerprint density at radius 2 is 1.79 bits per heavy atom. The van der Waals surface area contributed by atoms with E-state index >= 15 is 0 Å². The number of rotatable bonds is 5. The van der Waals surface area contributed by atoms with Gasteiger partial charge in [-0.25, -0.2) is 4.79 Å². The van der Waals surface area contributed by atoms with Crippen LogP contribution in [0.5, 0.6) is 17.2 Å². The molecular weight excluding hydrogens is 606 g/mol. The molecule has 0 spiro atoms. The molecule has 0 aromatic heterocycles. The topological polar surface area (TPSA) is 82.1 Å². The second-order valence-corrected chi connectivity index (χ2v) is 11.0. The van der Waals surface area contributed by atoms with Gasteiger partial charge < -0.3 is 14.2 Å². The van der Waals surface area contributed by atoms with Crippen molar-refractivity contribution in [3.63, 3.8) is 0 Å². The number of hydrogen-bond acceptors (Lipinski definition) is 7. The summed E-state index contributed by atoms with van der Waals surface area (Å²) >= 11 is 10.6. The lowest BCUT2D eigenvalue weighted by Crippen LogP contribution is -2.27. The Hall–Kier alpha value is -3.79. The van der Waals surface area contributed by atoms with Crippen molar-refractivity contribution >= 4 is 73.3 Å². The molecule has 0 bridgehead atoms. The van der Waals surface area contributed by atoms with Crippen LogP contribution in [0.15, 0.2) is 82.2 Å². The van der Waals surface area contributed by atoms with Crippen LogP contribution in [0.4, 0.5) is 4.79 Å². The van der Waals surface area contributed by atoms with Gasteiger partial charge in [-0.1, -0.05) is 63.9 Å². The van der Waals surface area contributed by atoms with Gasteiger partial charge in [-0.3, -0.25) is 14.5 Å². The van der Waals surface area contributed by atoms with Crippen molar-refractivity contribution in [3.8, 4) is 17.2 Å². The SMILES string of the molecule is O=C(Oc1ccc(Br)cc1/C=C1\SC(=O)N(Cc2cc3c(cc2Cl)OCO3)C1=O)c1cccc2ccccc12. The average molecular weight is 623 g/mol. The maximum atomic E-state index is 13.3. The van der Waals surface area contributed by atoms with Gasteiger partial charge in [-0.05, 0) is 64.5 Å². The molecule has 2 aliphatic rings. The summed E-state index contributed by atoms with van der Waals surface area (Å²) in [5.41, 5.74) is 1.43. The summed E-state index contributed by atoms with van der Waals surface area (Å²) in [6.07, 6.45) is 1.54. The van der Waals surface area contributed by atoms with Crippen LogP contribution in [-0.4, -0.2) is 28.8 Å². The largest absolute Gasteiger partial charge is 0.454 e. The highest BCUT2D eigenvalue weighted by Crippen LogP contribution is 2.40. The van der Waals surface area contributed by atoms with E-state index in [0.717, 1.165) is 27.4 Å². The number of esters is 1. The third-order valence-electron chi connectivity index (χ3n) is 6.21. The zero-order valence-electron chi connectivity index (χ0n) is 20.0. The molecule has 1 fully saturated rings. The molecule has 10 heteroatoms. The van der Waals surface area contributed by atoms with Crippen molar-refractivity contribution < 1.29 is 28.6 Å². The molecule has 0 unspecified atom stereocenters. The summed E-state index contributed by atoms with van der Waals surface area (Å²) in [6.45, 7) is 0.0539. The Morgan fingerprint density at radius 3 is 2.64 bits per heavy atom. The van der Waals surface area contributed by atoms with E-state index < -0.39 is 17.1 Å². The van der Waals surface area contributed by atoms with Crippen LogP contribution in [0.1, 0.15) is 21.5 Å². The molecule has 4 aromatic carbocycles. The molecule has 194 valence electrons. The van der Waals surface area contributed by atoms with Crippen LogP contribution in [0.25, 0.3) is 16.8 Å². The summed E-state index contributed by atoms with van der Waals surface area (Å²) in [5, 5.41) is 1.60. The summed E-state index contributed by atoms with van der Waals surface area (Å²) in [7, 11) is 0. The van der Waals surface area contributed by atoms with E-state index in [-0.39, 0.29) is 24.0 Å². The minimum Gasteiger partial charge on any atom is -0.454 e. The molecule has 0 aliphatic carbocycles. The first-order chi connectivity index (χ1) is 18.9. The van der Waals surface area contributed by atoms with Crippen molar-refractivity contribution in [1.82, 2.24) is 4.90 Å². The van der Waals surface area contributed by atoms with Gasteiger partial charge in [0, 0.05) is 21.1 Å². The standard InChI is InChI=1S/C29H17BrClNO6S/c30-19-8-9-23(38-28(34)21-7-3-5-16-4-1-2-6-20(16)21)17(10-19)12-26-27(33)32(29(35)39-26)14-18-11-24-25(13-22(18)31)37-15-36-24/h1-13H,14-15H2/b26-12-. The molecule has 0 atom stereocenters. The highest BCUT2D eigenvalue weighted by atomic mass is 79.9. The number of nitrogens with zero attached hydrogens (tertiary/aromatic N) is 1. The second-order valence-electron chi connectivity index (χ2n) is 8.66. The van der Waals surface area contributed by atoms with Crippen LogP contribution in [0, 0.1) is 0 Å². The molecule has 2 heterocycles. The normalized spacial score (nSPS) is 15.4. The predicted octanol–water partition coefficient (Wildman–Crippen LogP) is 7.44. The Bertz CT molecular complexity index is 1720. The number of hydrogen-bond donors (Lipinski definition) is 0. The first-order valence-electron chi connectivity index (χ1n) is 11.7. The number of benzene rings is 4. The molecule has 0 radical (unpaired) electrons. The third kappa shape index (κ3) is 5.01. The minimum atomic E-state index is -0.533. The number of fused-ring (bicyclic) bond motifs is 2. The van der Waals surface area contributed by atoms with E-state index in [1.54, 1.807) is 48.5 Å². The maximum Gasteiger partial charge on any atom is 0.344 e. The number of halogens is 2. The van der Waals surface area contributed by atoms with Crippen LogP contribution >= 0.6 is 39.3 Å². The van der Waals surface area contributed by atoms with E-state index in [1.807, 2.05) is 30.3 Å². The van der Waals surface area contributed by atoms with Crippen LogP contribution in [0.2, 0.25) is 5.02 Å². The second kappa shape index (κ2) is 10.4. The molecule has 7 nitrogen and oxygen atoms in total. The molecule has 2 amide bonds. The fourth-order valence-electron chi connectivity index (χ4n) is 4.31. The van der Waals surface area contributed by atoms with E-state index in [0.29, 0.717) is 37.7 Å². The van der Waals surface area contributed by atoms with Crippen LogP contribution in [0.3, 0.4) is 0 Å². The molecule has 0 N–H and O–H groups in total. The van der Waals surface area contributed by atoms with Gasteiger partial charge in [0.1, 0.15) is 5.75 Å². The minimum absolute atomic E-state index is 0.0289. The molecule has 0 saturated carbocycles. The zero-order valence-corrected chi connectivity index (χ0v) is 23.1. The van der Waals surface area contributed by atoms with Gasteiger partial charge in [0.2, 0.25) is 6.79 Å². The van der Waals surface area contributed by atoms with Crippen molar-refractivity contribution in [3.05, 3.63) is 104 Å². The smallest absolute Gasteiger partial charge is 0.344 e. The predicted molar refractivity (Wildman–Crippen MR) is 152 cm³/mol. The van der Waals surface area contributed by atoms with Gasteiger partial charge in [0.15, 0.2) is 11.5 Å². The monoisotopic (exact) mass is 621 g/mol. The first kappa shape index (κ1) is 25.5. The van der Waals surface area contributed by atoms with Gasteiger partial charge in [0.05, 0.1) is 17.0 Å². The van der Waals surface area contributed by atoms with Crippen molar-refractivity contribution in [2.75, 3.05) is 6.79 Å². The lowest BCUT2D eigenvalue weighted by atomic mass is 10.0. The van der Waals surface area contributed by atoms with Gasteiger partial charge >= 0.3 is 5.97 Å². The maximum absolute atomic E-state index is 13.3. The van der Waals surface area contributed by atoms with Crippen molar-refractivity contribution in [2.24, 2.45) is 0 Å². The van der Waals surface area contributed by atoms with Crippen molar-refractivity contribution in [1.29, 1.82) is 0 Å². The number of amides is 2. The summed E-state index contributed by atoms with van der Waals surface area (Å²) < 4.78 is 17.2. The Balaban J connectivity index is 1.27. The fourth-order valence-corrected chi connectivity index (χ4v) is 5.73. The fraction of sp³-hybridized carbons (Fsp3) is 0.0690. The molecule has 4 aromatic rings. The Kier molecular flexibility index (Phi) is 6.80. The quantitative estimate of drug-likeness (QED) is 0.130. The average Bonchev–Trinajstić information content (AvgIpc) is 3.48. The highest BCUT2D eigenvalue weighted by Gasteiger charge is 2.36. The summed E-state index contributed by atoms with van der Waals surface area (Å²) in [5.74, 6) is 0.253. The number of carbonyl (C=O) groups excluding carboxylic acids is 3. The van der Waals surface area contributed by atoms with Crippen LogP contribution < -0.4 is 14.2 Å². The van der Waals surface area contributed by atoms with E-state index in [4.69, 9.17) is 25.8 Å². The molecule has 6 rings (SSSR count). The van der Waals surface area contributed by atoms with Gasteiger partial charge in [0.25, 0.3) is 11.1 Å². The number of thioether (sulfide) groups is 1. The molecule has 39 heavy (non-hydrogen) atoms.